The molecule has 0 bridgehead atoms. The Kier molecular flexibility index (Phi) is 8.36. The molecule has 5 rings (SSSR count). The van der Waals surface area contributed by atoms with Crippen LogP contribution in [0.3, 0.4) is 0 Å². The maximum atomic E-state index is 13.2. The molecule has 0 saturated carbocycles. The Hall–Kier alpha value is -4.56. The maximum absolute atomic E-state index is 13.2. The van der Waals surface area contributed by atoms with E-state index in [1.54, 1.807) is 18.2 Å². The number of allylic oxidation sites excluding steroid dienone is 1. The number of aliphatic carboxylic acids is 1. The topological polar surface area (TPSA) is 90.8 Å². The molecule has 42 heavy (non-hydrogen) atoms. The van der Waals surface area contributed by atoms with Gasteiger partial charge < -0.3 is 15.7 Å². The molecule has 214 valence electrons. The smallest absolute Gasteiger partial charge is 0.326 e. The summed E-state index contributed by atoms with van der Waals surface area (Å²) in [6.45, 7) is 6.22. The number of hydrogen-bond acceptors (Lipinski definition) is 5. The van der Waals surface area contributed by atoms with Crippen LogP contribution in [0.15, 0.2) is 96.1 Å². The summed E-state index contributed by atoms with van der Waals surface area (Å²) in [5.41, 5.74) is 5.54. The molecule has 1 amide bonds. The lowest BCUT2D eigenvalue weighted by Crippen LogP contribution is -2.42. The summed E-state index contributed by atoms with van der Waals surface area (Å²) in [5.74, 6) is -1.72. The highest BCUT2D eigenvalue weighted by molar-refractivity contribution is 7.14. The number of carboxylic acid groups (broad SMARTS) is 1. The van der Waals surface area contributed by atoms with E-state index < -0.39 is 12.0 Å². The molecule has 1 unspecified atom stereocenters. The molecule has 0 aliphatic carbocycles. The Balaban J connectivity index is 1.19. The summed E-state index contributed by atoms with van der Waals surface area (Å²) < 4.78 is 13.2. The van der Waals surface area contributed by atoms with Gasteiger partial charge in [-0.05, 0) is 57.5 Å². The fraction of sp³-hybridized carbons (Fsp3) is 0.206. The monoisotopic (exact) mass is 581 g/mol. The predicted molar refractivity (Wildman–Crippen MR) is 166 cm³/mol. The summed E-state index contributed by atoms with van der Waals surface area (Å²) >= 11 is 1.38. The lowest BCUT2D eigenvalue weighted by molar-refractivity contribution is -0.139. The minimum atomic E-state index is -1.08. The van der Waals surface area contributed by atoms with E-state index in [9.17, 15) is 19.1 Å². The van der Waals surface area contributed by atoms with Gasteiger partial charge in [-0.2, -0.15) is 0 Å². The zero-order valence-corrected chi connectivity index (χ0v) is 24.4. The Morgan fingerprint density at radius 2 is 1.55 bits per heavy atom. The fourth-order valence-electron chi connectivity index (χ4n) is 4.61. The predicted octanol–water partition coefficient (Wildman–Crippen LogP) is 6.99. The van der Waals surface area contributed by atoms with Crippen LogP contribution in [0.5, 0.6) is 0 Å². The average Bonchev–Trinajstić information content (AvgIpc) is 3.50. The van der Waals surface area contributed by atoms with Gasteiger partial charge in [0.05, 0.1) is 4.88 Å². The van der Waals surface area contributed by atoms with Gasteiger partial charge in [0.1, 0.15) is 18.0 Å². The third-order valence-corrected chi connectivity index (χ3v) is 8.57. The van der Waals surface area contributed by atoms with Gasteiger partial charge in [-0.1, -0.05) is 81.4 Å². The maximum Gasteiger partial charge on any atom is 0.326 e. The van der Waals surface area contributed by atoms with Crippen molar-refractivity contribution < 1.29 is 19.1 Å². The van der Waals surface area contributed by atoms with Crippen LogP contribution >= 0.6 is 11.3 Å². The van der Waals surface area contributed by atoms with Crippen molar-refractivity contribution in [2.75, 3.05) is 0 Å². The van der Waals surface area contributed by atoms with Crippen molar-refractivity contribution in [2.24, 2.45) is 4.99 Å². The van der Waals surface area contributed by atoms with E-state index in [1.807, 2.05) is 67.0 Å². The molecular formula is C34H32FN3O3S. The van der Waals surface area contributed by atoms with Crippen LogP contribution in [0.4, 0.5) is 4.39 Å². The van der Waals surface area contributed by atoms with Gasteiger partial charge in [0.15, 0.2) is 0 Å². The first-order chi connectivity index (χ1) is 20.1. The van der Waals surface area contributed by atoms with E-state index in [4.69, 9.17) is 0 Å². The molecule has 0 fully saturated rings. The number of carboxylic acids is 1. The molecule has 2 heterocycles. The van der Waals surface area contributed by atoms with Gasteiger partial charge in [0.2, 0.25) is 0 Å². The molecule has 6 nitrogen and oxygen atoms in total. The van der Waals surface area contributed by atoms with Crippen molar-refractivity contribution >= 4 is 35.0 Å². The quantitative estimate of drug-likeness (QED) is 0.209. The van der Waals surface area contributed by atoms with Crippen molar-refractivity contribution in [3.05, 3.63) is 123 Å². The third-order valence-electron chi connectivity index (χ3n) is 7.06. The Labute approximate surface area is 248 Å². The second kappa shape index (κ2) is 12.1. The van der Waals surface area contributed by atoms with Crippen molar-refractivity contribution in [1.82, 2.24) is 10.6 Å². The van der Waals surface area contributed by atoms with E-state index >= 15 is 0 Å². The molecule has 3 aromatic carbocycles. The number of rotatable bonds is 8. The van der Waals surface area contributed by atoms with Gasteiger partial charge in [-0.25, -0.2) is 9.18 Å². The standard InChI is InChI=1S/C34H32FN3O3S/c1-34(2,3)30-17-16-29(42-30)32(39)38-28(33(40)41)18-21-4-6-25(7-5-21)31-36-19-26(20-37-31)24-10-8-22(9-11-24)23-12-14-27(35)15-13-23/h4-17,19-20,28,31,36H,18H2,1-3H3,(H,38,39)(H,40,41)/t28-,31?/m0/s1. The van der Waals surface area contributed by atoms with Crippen LogP contribution in [0, 0.1) is 5.82 Å². The first-order valence-corrected chi connectivity index (χ1v) is 14.5. The molecular weight excluding hydrogens is 549 g/mol. The Morgan fingerprint density at radius 1 is 0.929 bits per heavy atom. The van der Waals surface area contributed by atoms with Crippen LogP contribution in [0.1, 0.15) is 58.2 Å². The number of carbonyl (C=O) groups is 2. The number of hydrogen-bond donors (Lipinski definition) is 3. The zero-order chi connectivity index (χ0) is 29.9. The van der Waals surface area contributed by atoms with Gasteiger partial charge in [0.25, 0.3) is 5.91 Å². The number of nitrogens with zero attached hydrogens (tertiary/aromatic N) is 1. The molecule has 1 aliphatic rings. The van der Waals surface area contributed by atoms with E-state index in [1.165, 1.54) is 23.5 Å². The Bertz CT molecular complexity index is 1630. The number of halogens is 1. The van der Waals surface area contributed by atoms with Crippen molar-refractivity contribution in [3.8, 4) is 11.1 Å². The molecule has 0 spiro atoms. The lowest BCUT2D eigenvalue weighted by Gasteiger charge is -2.19. The van der Waals surface area contributed by atoms with E-state index in [2.05, 4.69) is 36.4 Å². The summed E-state index contributed by atoms with van der Waals surface area (Å²) in [6, 6.07) is 24.6. The third kappa shape index (κ3) is 6.83. The first kappa shape index (κ1) is 29.0. The number of aliphatic imine (C=N–C) groups is 1. The van der Waals surface area contributed by atoms with E-state index in [0.717, 1.165) is 38.3 Å². The molecule has 2 atom stereocenters. The molecule has 3 N–H and O–H groups in total. The second-order valence-electron chi connectivity index (χ2n) is 11.3. The molecule has 0 radical (unpaired) electrons. The number of amides is 1. The second-order valence-corrected chi connectivity index (χ2v) is 12.3. The van der Waals surface area contributed by atoms with Gasteiger partial charge in [-0.15, -0.1) is 11.3 Å². The summed E-state index contributed by atoms with van der Waals surface area (Å²) in [6.07, 6.45) is 3.64. The SMILES string of the molecule is CC(C)(C)c1ccc(C(=O)N[C@@H](Cc2ccc(C3N=CC(c4ccc(-c5ccc(F)cc5)cc4)=CN3)cc2)C(=O)O)s1. The molecule has 4 aromatic rings. The average molecular weight is 582 g/mol. The molecule has 1 aromatic heterocycles. The fourth-order valence-corrected chi connectivity index (χ4v) is 5.57. The highest BCUT2D eigenvalue weighted by atomic mass is 32.1. The first-order valence-electron chi connectivity index (χ1n) is 13.7. The summed E-state index contributed by atoms with van der Waals surface area (Å²) in [7, 11) is 0. The van der Waals surface area contributed by atoms with Gasteiger partial charge in [-0.3, -0.25) is 9.79 Å². The molecule has 0 saturated heterocycles. The number of benzene rings is 3. The van der Waals surface area contributed by atoms with Crippen molar-refractivity contribution in [2.45, 2.75) is 44.8 Å². The molecule has 8 heteroatoms. The minimum absolute atomic E-state index is 0.0798. The number of thiophene rings is 1. The normalized spacial score (nSPS) is 15.4. The number of carbonyl (C=O) groups excluding carboxylic acids is 1. The van der Waals surface area contributed by atoms with Gasteiger partial charge in [0, 0.05) is 29.3 Å². The lowest BCUT2D eigenvalue weighted by atomic mass is 9.95. The number of nitrogens with one attached hydrogen (secondary N) is 2. The summed E-state index contributed by atoms with van der Waals surface area (Å²) in [4.78, 5) is 30.9. The minimum Gasteiger partial charge on any atom is -0.480 e. The van der Waals surface area contributed by atoms with Crippen molar-refractivity contribution in [1.29, 1.82) is 0 Å². The Morgan fingerprint density at radius 3 is 2.10 bits per heavy atom. The summed E-state index contributed by atoms with van der Waals surface area (Å²) in [5, 5.41) is 15.8. The van der Waals surface area contributed by atoms with Crippen LogP contribution < -0.4 is 10.6 Å². The van der Waals surface area contributed by atoms with Crippen LogP contribution in [0.25, 0.3) is 16.7 Å². The molecule has 1 aliphatic heterocycles. The van der Waals surface area contributed by atoms with Crippen molar-refractivity contribution in [3.63, 3.8) is 0 Å². The van der Waals surface area contributed by atoms with Crippen LogP contribution in [0.2, 0.25) is 0 Å². The highest BCUT2D eigenvalue weighted by Crippen LogP contribution is 2.30. The zero-order valence-electron chi connectivity index (χ0n) is 23.6. The van der Waals surface area contributed by atoms with Crippen LogP contribution in [-0.2, 0) is 16.6 Å². The van der Waals surface area contributed by atoms with Crippen LogP contribution in [-0.4, -0.2) is 29.2 Å². The van der Waals surface area contributed by atoms with Gasteiger partial charge >= 0.3 is 5.97 Å². The highest BCUT2D eigenvalue weighted by Gasteiger charge is 2.24. The van der Waals surface area contributed by atoms with E-state index in [0.29, 0.717) is 4.88 Å². The largest absolute Gasteiger partial charge is 0.480 e. The van der Waals surface area contributed by atoms with E-state index in [-0.39, 0.29) is 29.7 Å².